The second-order valence-electron chi connectivity index (χ2n) is 6.11. The summed E-state index contributed by atoms with van der Waals surface area (Å²) in [4.78, 5) is 10.9. The fourth-order valence-electron chi connectivity index (χ4n) is 3.25. The Kier molecular flexibility index (Phi) is 4.09. The third kappa shape index (κ3) is 3.08. The van der Waals surface area contributed by atoms with Crippen LogP contribution in [0.3, 0.4) is 0 Å². The first-order valence-corrected chi connectivity index (χ1v) is 8.23. The standard InChI is InChI=1S/C19H19FN4/c20-16-5-6-18-17(11-16)19(23-13-22-18)21-8-10-24-9-7-14-3-1-2-4-15(14)12-24/h1-6,11,13H,7-10,12H2,(H,21,22,23). The second kappa shape index (κ2) is 6.53. The molecule has 0 spiro atoms. The molecule has 0 radical (unpaired) electrons. The van der Waals surface area contributed by atoms with E-state index < -0.39 is 0 Å². The zero-order valence-electron chi connectivity index (χ0n) is 13.4. The van der Waals surface area contributed by atoms with Crippen molar-refractivity contribution in [2.75, 3.05) is 25.0 Å². The molecule has 4 rings (SSSR count). The molecule has 122 valence electrons. The average Bonchev–Trinajstić information content (AvgIpc) is 2.62. The first-order chi connectivity index (χ1) is 11.8. The fraction of sp³-hybridized carbons (Fsp3) is 0.263. The van der Waals surface area contributed by atoms with Crippen molar-refractivity contribution in [1.82, 2.24) is 14.9 Å². The monoisotopic (exact) mass is 322 g/mol. The molecule has 1 aromatic heterocycles. The Morgan fingerprint density at radius 2 is 1.96 bits per heavy atom. The minimum absolute atomic E-state index is 0.270. The lowest BCUT2D eigenvalue weighted by Gasteiger charge is -2.28. The van der Waals surface area contributed by atoms with Crippen molar-refractivity contribution >= 4 is 16.7 Å². The number of benzene rings is 2. The van der Waals surface area contributed by atoms with Crippen LogP contribution in [0.25, 0.3) is 10.9 Å². The lowest BCUT2D eigenvalue weighted by atomic mass is 10.00. The van der Waals surface area contributed by atoms with Crippen LogP contribution >= 0.6 is 0 Å². The summed E-state index contributed by atoms with van der Waals surface area (Å²) < 4.78 is 13.5. The van der Waals surface area contributed by atoms with E-state index in [0.717, 1.165) is 43.5 Å². The molecule has 0 aliphatic carbocycles. The van der Waals surface area contributed by atoms with Gasteiger partial charge >= 0.3 is 0 Å². The fourth-order valence-corrected chi connectivity index (χ4v) is 3.25. The molecule has 3 aromatic rings. The summed E-state index contributed by atoms with van der Waals surface area (Å²) in [6.45, 7) is 3.74. The van der Waals surface area contributed by atoms with Crippen molar-refractivity contribution in [1.29, 1.82) is 0 Å². The summed E-state index contributed by atoms with van der Waals surface area (Å²) in [5.41, 5.74) is 3.62. The van der Waals surface area contributed by atoms with Crippen molar-refractivity contribution in [2.24, 2.45) is 0 Å². The molecule has 0 saturated carbocycles. The molecule has 0 saturated heterocycles. The molecule has 24 heavy (non-hydrogen) atoms. The first kappa shape index (κ1) is 15.0. The maximum atomic E-state index is 13.5. The Balaban J connectivity index is 1.41. The van der Waals surface area contributed by atoms with Gasteiger partial charge in [-0.1, -0.05) is 24.3 Å². The Morgan fingerprint density at radius 3 is 2.88 bits per heavy atom. The minimum atomic E-state index is -0.270. The van der Waals surface area contributed by atoms with E-state index in [2.05, 4.69) is 44.5 Å². The van der Waals surface area contributed by atoms with Gasteiger partial charge in [0.15, 0.2) is 0 Å². The number of anilines is 1. The normalized spacial score (nSPS) is 14.5. The van der Waals surface area contributed by atoms with E-state index >= 15 is 0 Å². The maximum absolute atomic E-state index is 13.5. The van der Waals surface area contributed by atoms with Crippen LogP contribution in [-0.4, -0.2) is 34.5 Å². The van der Waals surface area contributed by atoms with Crippen molar-refractivity contribution in [3.05, 3.63) is 65.7 Å². The molecule has 1 aliphatic heterocycles. The lowest BCUT2D eigenvalue weighted by Crippen LogP contribution is -2.34. The van der Waals surface area contributed by atoms with E-state index in [-0.39, 0.29) is 5.82 Å². The van der Waals surface area contributed by atoms with E-state index in [1.165, 1.54) is 29.6 Å². The van der Waals surface area contributed by atoms with E-state index in [1.807, 2.05) is 0 Å². The van der Waals surface area contributed by atoms with Crippen LogP contribution in [-0.2, 0) is 13.0 Å². The molecule has 2 heterocycles. The van der Waals surface area contributed by atoms with Gasteiger partial charge in [0.05, 0.1) is 5.52 Å². The van der Waals surface area contributed by atoms with Gasteiger partial charge < -0.3 is 5.32 Å². The molecule has 0 amide bonds. The molecular weight excluding hydrogens is 303 g/mol. The number of nitrogens with one attached hydrogen (secondary N) is 1. The van der Waals surface area contributed by atoms with E-state index in [4.69, 9.17) is 0 Å². The number of aromatic nitrogens is 2. The highest BCUT2D eigenvalue weighted by Crippen LogP contribution is 2.21. The van der Waals surface area contributed by atoms with Gasteiger partial charge in [0.25, 0.3) is 0 Å². The predicted molar refractivity (Wildman–Crippen MR) is 93.4 cm³/mol. The molecule has 0 bridgehead atoms. The molecule has 1 N–H and O–H groups in total. The molecule has 4 nitrogen and oxygen atoms in total. The van der Waals surface area contributed by atoms with Gasteiger partial charge in [0, 0.05) is 31.6 Å². The molecule has 1 aliphatic rings. The van der Waals surface area contributed by atoms with Crippen molar-refractivity contribution in [3.8, 4) is 0 Å². The van der Waals surface area contributed by atoms with Crippen LogP contribution in [0.1, 0.15) is 11.1 Å². The van der Waals surface area contributed by atoms with Crippen molar-refractivity contribution in [3.63, 3.8) is 0 Å². The van der Waals surface area contributed by atoms with Crippen LogP contribution in [0.5, 0.6) is 0 Å². The summed E-state index contributed by atoms with van der Waals surface area (Å²) in [5.74, 6) is 0.421. The van der Waals surface area contributed by atoms with Crippen LogP contribution in [0, 0.1) is 5.82 Å². The quantitative estimate of drug-likeness (QED) is 0.800. The first-order valence-electron chi connectivity index (χ1n) is 8.23. The maximum Gasteiger partial charge on any atom is 0.137 e. The second-order valence-corrected chi connectivity index (χ2v) is 6.11. The summed E-state index contributed by atoms with van der Waals surface area (Å²) in [6.07, 6.45) is 2.61. The van der Waals surface area contributed by atoms with Gasteiger partial charge in [-0.2, -0.15) is 0 Å². The molecule has 5 heteroatoms. The van der Waals surface area contributed by atoms with Gasteiger partial charge in [0.2, 0.25) is 0 Å². The van der Waals surface area contributed by atoms with Crippen LogP contribution in [0.2, 0.25) is 0 Å². The Labute approximate surface area is 140 Å². The molecule has 0 unspecified atom stereocenters. The van der Waals surface area contributed by atoms with Gasteiger partial charge in [-0.15, -0.1) is 0 Å². The summed E-state index contributed by atoms with van der Waals surface area (Å²) in [6, 6.07) is 13.2. The van der Waals surface area contributed by atoms with E-state index in [9.17, 15) is 4.39 Å². The third-order valence-electron chi connectivity index (χ3n) is 4.53. The van der Waals surface area contributed by atoms with Gasteiger partial charge in [-0.25, -0.2) is 14.4 Å². The zero-order chi connectivity index (χ0) is 16.4. The number of rotatable bonds is 4. The number of hydrogen-bond donors (Lipinski definition) is 1. The highest BCUT2D eigenvalue weighted by atomic mass is 19.1. The largest absolute Gasteiger partial charge is 0.368 e. The molecule has 0 fully saturated rings. The van der Waals surface area contributed by atoms with Crippen LogP contribution in [0.4, 0.5) is 10.2 Å². The number of halogens is 1. The lowest BCUT2D eigenvalue weighted by molar-refractivity contribution is 0.264. The van der Waals surface area contributed by atoms with E-state index in [0.29, 0.717) is 5.82 Å². The van der Waals surface area contributed by atoms with Crippen molar-refractivity contribution < 1.29 is 4.39 Å². The summed E-state index contributed by atoms with van der Waals surface area (Å²) in [7, 11) is 0. The highest BCUT2D eigenvalue weighted by molar-refractivity contribution is 5.88. The number of nitrogens with zero attached hydrogens (tertiary/aromatic N) is 3. The summed E-state index contributed by atoms with van der Waals surface area (Å²) >= 11 is 0. The molecule has 0 atom stereocenters. The zero-order valence-corrected chi connectivity index (χ0v) is 13.4. The van der Waals surface area contributed by atoms with Crippen molar-refractivity contribution in [2.45, 2.75) is 13.0 Å². The summed E-state index contributed by atoms with van der Waals surface area (Å²) in [5, 5.41) is 4.05. The Hall–Kier alpha value is -2.53. The van der Waals surface area contributed by atoms with Crippen LogP contribution in [0.15, 0.2) is 48.8 Å². The Bertz CT molecular complexity index is 865. The van der Waals surface area contributed by atoms with Crippen LogP contribution < -0.4 is 5.32 Å². The predicted octanol–water partition coefficient (Wildman–Crippen LogP) is 3.24. The van der Waals surface area contributed by atoms with E-state index in [1.54, 1.807) is 6.07 Å². The average molecular weight is 322 g/mol. The third-order valence-corrected chi connectivity index (χ3v) is 4.53. The van der Waals surface area contributed by atoms with Gasteiger partial charge in [-0.3, -0.25) is 4.90 Å². The Morgan fingerprint density at radius 1 is 1.08 bits per heavy atom. The molecule has 2 aromatic carbocycles. The highest BCUT2D eigenvalue weighted by Gasteiger charge is 2.15. The van der Waals surface area contributed by atoms with Gasteiger partial charge in [-0.05, 0) is 35.7 Å². The minimum Gasteiger partial charge on any atom is -0.368 e. The smallest absolute Gasteiger partial charge is 0.137 e. The van der Waals surface area contributed by atoms with Gasteiger partial charge in [0.1, 0.15) is 18.0 Å². The number of fused-ring (bicyclic) bond motifs is 2. The molecular formula is C19H19FN4. The topological polar surface area (TPSA) is 41.1 Å². The SMILES string of the molecule is Fc1ccc2ncnc(NCCN3CCc4ccccc4C3)c2c1. The number of hydrogen-bond acceptors (Lipinski definition) is 4.